The van der Waals surface area contributed by atoms with Crippen LogP contribution in [0.15, 0.2) is 47.3 Å². The Morgan fingerprint density at radius 3 is 2.48 bits per heavy atom. The summed E-state index contributed by atoms with van der Waals surface area (Å²) >= 11 is 0. The minimum Gasteiger partial charge on any atom is -0.495 e. The summed E-state index contributed by atoms with van der Waals surface area (Å²) in [5.74, 6) is 0.541. The van der Waals surface area contributed by atoms with Gasteiger partial charge in [-0.25, -0.2) is 4.79 Å². The molecule has 4 rings (SSSR count). The third kappa shape index (κ3) is 5.58. The number of piperazine rings is 1. The van der Waals surface area contributed by atoms with Gasteiger partial charge in [0.1, 0.15) is 11.4 Å². The van der Waals surface area contributed by atoms with E-state index in [4.69, 9.17) is 4.74 Å². The Morgan fingerprint density at radius 1 is 1.06 bits per heavy atom. The first-order valence-corrected chi connectivity index (χ1v) is 10.7. The van der Waals surface area contributed by atoms with Crippen molar-refractivity contribution in [2.45, 2.75) is 20.4 Å². The summed E-state index contributed by atoms with van der Waals surface area (Å²) in [7, 11) is 1.68. The van der Waals surface area contributed by atoms with Crippen molar-refractivity contribution >= 4 is 29.7 Å². The number of methoxy groups -OCH3 is 1. The van der Waals surface area contributed by atoms with Gasteiger partial charge in [0.05, 0.1) is 18.5 Å². The van der Waals surface area contributed by atoms with Crippen LogP contribution in [-0.2, 0) is 6.54 Å². The average Bonchev–Trinajstić information content (AvgIpc) is 3.16. The number of nitrogens with zero attached hydrogens (tertiary/aromatic N) is 2. The summed E-state index contributed by atoms with van der Waals surface area (Å²) in [5, 5.41) is 2.92. The lowest BCUT2D eigenvalue weighted by Gasteiger charge is -2.36. The first-order chi connectivity index (χ1) is 15.4. The molecule has 0 atom stereocenters. The molecule has 1 aliphatic heterocycles. The highest BCUT2D eigenvalue weighted by Gasteiger charge is 2.23. The smallest absolute Gasteiger partial charge is 0.323 e. The number of amides is 1. The minimum atomic E-state index is -0.376. The van der Waals surface area contributed by atoms with E-state index in [-0.39, 0.29) is 29.7 Å². The fourth-order valence-electron chi connectivity index (χ4n) is 4.13. The highest BCUT2D eigenvalue weighted by atomic mass is 35.5. The third-order valence-corrected chi connectivity index (χ3v) is 5.84. The molecule has 1 saturated heterocycles. The minimum absolute atomic E-state index is 0. The second kappa shape index (κ2) is 10.6. The molecule has 9 heteroatoms. The molecule has 0 spiro atoms. The lowest BCUT2D eigenvalue weighted by atomic mass is 10.1. The molecule has 2 heterocycles. The van der Waals surface area contributed by atoms with Gasteiger partial charge in [0.2, 0.25) is 0 Å². The number of hydrogen-bond donors (Lipinski definition) is 3. The highest BCUT2D eigenvalue weighted by Crippen LogP contribution is 2.28. The first kappa shape index (κ1) is 24.4. The molecule has 33 heavy (non-hydrogen) atoms. The molecule has 1 fully saturated rings. The van der Waals surface area contributed by atoms with Crippen LogP contribution in [0.25, 0.3) is 0 Å². The number of anilines is 2. The highest BCUT2D eigenvalue weighted by molar-refractivity contribution is 6.04. The Kier molecular flexibility index (Phi) is 7.84. The van der Waals surface area contributed by atoms with Crippen molar-refractivity contribution < 1.29 is 9.53 Å². The number of aromatic amines is 2. The predicted octanol–water partition coefficient (Wildman–Crippen LogP) is 3.32. The lowest BCUT2D eigenvalue weighted by molar-refractivity contribution is 0.102. The van der Waals surface area contributed by atoms with Crippen molar-refractivity contribution in [1.29, 1.82) is 0 Å². The Bertz CT molecular complexity index is 1160. The summed E-state index contributed by atoms with van der Waals surface area (Å²) in [4.78, 5) is 34.9. The van der Waals surface area contributed by atoms with Crippen molar-refractivity contribution in [3.8, 4) is 5.75 Å². The number of benzene rings is 2. The largest absolute Gasteiger partial charge is 0.495 e. The topological polar surface area (TPSA) is 93.5 Å². The number of nitrogens with one attached hydrogen (secondary N) is 3. The zero-order chi connectivity index (χ0) is 22.7. The van der Waals surface area contributed by atoms with Gasteiger partial charge in [-0.3, -0.25) is 9.69 Å². The SMILES string of the molecule is COc1ccccc1N1CCN(Cc2[nH]c(=O)[nH]c2C(=O)Nc2ccc(C)cc2C)CC1.Cl. The van der Waals surface area contributed by atoms with E-state index >= 15 is 0 Å². The van der Waals surface area contributed by atoms with E-state index in [1.54, 1.807) is 7.11 Å². The van der Waals surface area contributed by atoms with Gasteiger partial charge in [0, 0.05) is 38.4 Å². The van der Waals surface area contributed by atoms with Crippen LogP contribution in [0.4, 0.5) is 11.4 Å². The van der Waals surface area contributed by atoms with Gasteiger partial charge >= 0.3 is 5.69 Å². The number of halogens is 1. The van der Waals surface area contributed by atoms with Gasteiger partial charge in [-0.15, -0.1) is 12.4 Å². The molecule has 2 aromatic carbocycles. The number of H-pyrrole nitrogens is 2. The number of rotatable bonds is 6. The van der Waals surface area contributed by atoms with Crippen LogP contribution >= 0.6 is 12.4 Å². The van der Waals surface area contributed by atoms with E-state index in [0.29, 0.717) is 12.2 Å². The van der Waals surface area contributed by atoms with Gasteiger partial charge in [-0.2, -0.15) is 0 Å². The van der Waals surface area contributed by atoms with Crippen molar-refractivity contribution in [3.05, 3.63) is 75.5 Å². The van der Waals surface area contributed by atoms with Crippen LogP contribution in [-0.4, -0.2) is 54.1 Å². The van der Waals surface area contributed by atoms with Crippen molar-refractivity contribution in [3.63, 3.8) is 0 Å². The zero-order valence-corrected chi connectivity index (χ0v) is 19.9. The fraction of sp³-hybridized carbons (Fsp3) is 0.333. The molecule has 3 N–H and O–H groups in total. The molecule has 1 aromatic heterocycles. The Balaban J connectivity index is 0.00000306. The van der Waals surface area contributed by atoms with Crippen LogP contribution in [0, 0.1) is 13.8 Å². The molecular weight excluding hydrogens is 442 g/mol. The molecule has 8 nitrogen and oxygen atoms in total. The van der Waals surface area contributed by atoms with Crippen LogP contribution in [0.3, 0.4) is 0 Å². The zero-order valence-electron chi connectivity index (χ0n) is 19.1. The number of aryl methyl sites for hydroxylation is 2. The number of ether oxygens (including phenoxy) is 1. The van der Waals surface area contributed by atoms with Gasteiger partial charge in [-0.05, 0) is 37.6 Å². The molecule has 0 aliphatic carbocycles. The normalized spacial score (nSPS) is 14.0. The molecule has 0 radical (unpaired) electrons. The summed E-state index contributed by atoms with van der Waals surface area (Å²) in [5.41, 5.74) is 4.43. The van der Waals surface area contributed by atoms with Gasteiger partial charge in [0.25, 0.3) is 5.91 Å². The second-order valence-electron chi connectivity index (χ2n) is 8.14. The van der Waals surface area contributed by atoms with Gasteiger partial charge < -0.3 is 24.9 Å². The van der Waals surface area contributed by atoms with Crippen LogP contribution < -0.4 is 20.6 Å². The van der Waals surface area contributed by atoms with E-state index in [1.165, 1.54) is 0 Å². The maximum absolute atomic E-state index is 12.9. The second-order valence-corrected chi connectivity index (χ2v) is 8.14. The monoisotopic (exact) mass is 471 g/mol. The van der Waals surface area contributed by atoms with Crippen molar-refractivity contribution in [1.82, 2.24) is 14.9 Å². The Morgan fingerprint density at radius 2 is 1.79 bits per heavy atom. The number of carbonyl (C=O) groups is 1. The maximum Gasteiger partial charge on any atom is 0.323 e. The standard InChI is InChI=1S/C24H29N5O3.ClH/c1-16-8-9-18(17(2)14-16)25-23(30)22-19(26-24(31)27-22)15-28-10-12-29(13-11-28)20-6-4-5-7-21(20)32-3;/h4-9,14H,10-13,15H2,1-3H3,(H,25,30)(H2,26,27,31);1H. The summed E-state index contributed by atoms with van der Waals surface area (Å²) in [6.07, 6.45) is 0. The fourth-order valence-corrected chi connectivity index (χ4v) is 4.13. The molecule has 1 amide bonds. The molecule has 0 bridgehead atoms. The molecule has 176 valence electrons. The molecule has 0 unspecified atom stereocenters. The summed E-state index contributed by atoms with van der Waals surface area (Å²) in [6, 6.07) is 13.8. The van der Waals surface area contributed by atoms with E-state index < -0.39 is 0 Å². The number of hydrogen-bond acceptors (Lipinski definition) is 5. The number of aromatic nitrogens is 2. The molecule has 3 aromatic rings. The molecular formula is C24H30ClN5O3. The Hall–Kier alpha value is -3.23. The van der Waals surface area contributed by atoms with E-state index in [0.717, 1.165) is 54.4 Å². The predicted molar refractivity (Wildman–Crippen MR) is 133 cm³/mol. The Labute approximate surface area is 199 Å². The van der Waals surface area contributed by atoms with Gasteiger partial charge in [-0.1, -0.05) is 29.8 Å². The van der Waals surface area contributed by atoms with Crippen LogP contribution in [0.1, 0.15) is 27.3 Å². The van der Waals surface area contributed by atoms with Crippen molar-refractivity contribution in [2.24, 2.45) is 0 Å². The third-order valence-electron chi connectivity index (χ3n) is 5.84. The van der Waals surface area contributed by atoms with Gasteiger partial charge in [0.15, 0.2) is 0 Å². The molecule has 0 saturated carbocycles. The van der Waals surface area contributed by atoms with Crippen molar-refractivity contribution in [2.75, 3.05) is 43.5 Å². The van der Waals surface area contributed by atoms with E-state index in [9.17, 15) is 9.59 Å². The summed E-state index contributed by atoms with van der Waals surface area (Å²) < 4.78 is 5.49. The first-order valence-electron chi connectivity index (χ1n) is 10.7. The quantitative estimate of drug-likeness (QED) is 0.512. The number of imidazole rings is 1. The summed E-state index contributed by atoms with van der Waals surface area (Å²) in [6.45, 7) is 7.73. The van der Waals surface area contributed by atoms with Crippen LogP contribution in [0.2, 0.25) is 0 Å². The number of carbonyl (C=O) groups excluding carboxylic acids is 1. The number of para-hydroxylation sites is 2. The maximum atomic E-state index is 12.9. The molecule has 1 aliphatic rings. The van der Waals surface area contributed by atoms with E-state index in [2.05, 4.69) is 31.2 Å². The lowest BCUT2D eigenvalue weighted by Crippen LogP contribution is -2.46. The van der Waals surface area contributed by atoms with Crippen LogP contribution in [0.5, 0.6) is 5.75 Å². The average molecular weight is 472 g/mol. The van der Waals surface area contributed by atoms with E-state index in [1.807, 2.05) is 50.2 Å².